The minimum atomic E-state index is -0.885. The summed E-state index contributed by atoms with van der Waals surface area (Å²) in [6.45, 7) is 0.637. The van der Waals surface area contributed by atoms with E-state index in [1.165, 1.54) is 17.4 Å². The SMILES string of the molecule is CSCCCNC(=O)c1ccc(-c2ccc(F)c(F)c2)s1. The third-order valence-electron chi connectivity index (χ3n) is 2.84. The van der Waals surface area contributed by atoms with Gasteiger partial charge in [-0.1, -0.05) is 6.07 Å². The number of amides is 1. The number of carbonyl (C=O) groups is 1. The molecule has 21 heavy (non-hydrogen) atoms. The van der Waals surface area contributed by atoms with Gasteiger partial charge in [0.05, 0.1) is 4.88 Å². The molecule has 112 valence electrons. The van der Waals surface area contributed by atoms with Crippen molar-refractivity contribution in [1.29, 1.82) is 0 Å². The van der Waals surface area contributed by atoms with Crippen LogP contribution in [0.5, 0.6) is 0 Å². The van der Waals surface area contributed by atoms with Gasteiger partial charge in [-0.05, 0) is 48.3 Å². The Kier molecular flexibility index (Phi) is 5.76. The number of hydrogen-bond donors (Lipinski definition) is 1. The van der Waals surface area contributed by atoms with E-state index in [4.69, 9.17) is 0 Å². The molecule has 0 aliphatic carbocycles. The number of benzene rings is 1. The van der Waals surface area contributed by atoms with Gasteiger partial charge in [-0.2, -0.15) is 11.8 Å². The Bertz CT molecular complexity index is 628. The molecule has 1 aromatic carbocycles. The fourth-order valence-electron chi connectivity index (χ4n) is 1.77. The molecule has 0 unspecified atom stereocenters. The summed E-state index contributed by atoms with van der Waals surface area (Å²) in [5.74, 6) is -0.883. The molecule has 0 saturated carbocycles. The highest BCUT2D eigenvalue weighted by atomic mass is 32.2. The zero-order valence-electron chi connectivity index (χ0n) is 11.5. The lowest BCUT2D eigenvalue weighted by Gasteiger charge is -2.02. The van der Waals surface area contributed by atoms with Crippen molar-refractivity contribution in [3.8, 4) is 10.4 Å². The number of thioether (sulfide) groups is 1. The van der Waals surface area contributed by atoms with E-state index in [0.717, 1.165) is 29.2 Å². The number of nitrogens with one attached hydrogen (secondary N) is 1. The van der Waals surface area contributed by atoms with Gasteiger partial charge in [0.25, 0.3) is 5.91 Å². The minimum Gasteiger partial charge on any atom is -0.351 e. The van der Waals surface area contributed by atoms with E-state index in [1.54, 1.807) is 23.9 Å². The Labute approximate surface area is 130 Å². The van der Waals surface area contributed by atoms with Crippen LogP contribution in [-0.2, 0) is 0 Å². The predicted molar refractivity (Wildman–Crippen MR) is 85.0 cm³/mol. The van der Waals surface area contributed by atoms with Crippen LogP contribution < -0.4 is 5.32 Å². The second-order valence-electron chi connectivity index (χ2n) is 4.40. The molecule has 6 heteroatoms. The number of thiophene rings is 1. The topological polar surface area (TPSA) is 29.1 Å². The lowest BCUT2D eigenvalue weighted by Crippen LogP contribution is -2.23. The fourth-order valence-corrected chi connectivity index (χ4v) is 3.12. The van der Waals surface area contributed by atoms with Gasteiger partial charge in [-0.3, -0.25) is 4.79 Å². The van der Waals surface area contributed by atoms with Gasteiger partial charge >= 0.3 is 0 Å². The summed E-state index contributed by atoms with van der Waals surface area (Å²) in [7, 11) is 0. The highest BCUT2D eigenvalue weighted by Crippen LogP contribution is 2.29. The maximum absolute atomic E-state index is 13.2. The van der Waals surface area contributed by atoms with Crippen LogP contribution in [-0.4, -0.2) is 24.5 Å². The number of hydrogen-bond acceptors (Lipinski definition) is 3. The second kappa shape index (κ2) is 7.56. The van der Waals surface area contributed by atoms with Gasteiger partial charge in [0, 0.05) is 11.4 Å². The zero-order valence-corrected chi connectivity index (χ0v) is 13.1. The van der Waals surface area contributed by atoms with Crippen LogP contribution in [0.15, 0.2) is 30.3 Å². The number of carbonyl (C=O) groups excluding carboxylic acids is 1. The molecule has 0 atom stereocenters. The minimum absolute atomic E-state index is 0.130. The molecule has 0 spiro atoms. The summed E-state index contributed by atoms with van der Waals surface area (Å²) in [6, 6.07) is 7.18. The first kappa shape index (κ1) is 16.0. The van der Waals surface area contributed by atoms with Crippen LogP contribution in [0.4, 0.5) is 8.78 Å². The van der Waals surface area contributed by atoms with Crippen molar-refractivity contribution >= 4 is 29.0 Å². The molecule has 2 aromatic rings. The zero-order chi connectivity index (χ0) is 15.2. The average Bonchev–Trinajstić information content (AvgIpc) is 2.96. The van der Waals surface area contributed by atoms with E-state index in [2.05, 4.69) is 5.32 Å². The van der Waals surface area contributed by atoms with Crippen molar-refractivity contribution in [3.05, 3.63) is 46.8 Å². The Balaban J connectivity index is 2.03. The molecular formula is C15H15F2NOS2. The summed E-state index contributed by atoms with van der Waals surface area (Å²) in [4.78, 5) is 13.2. The molecule has 0 fully saturated rings. The summed E-state index contributed by atoms with van der Waals surface area (Å²) in [6.07, 6.45) is 2.95. The van der Waals surface area contributed by atoms with E-state index in [0.29, 0.717) is 17.0 Å². The summed E-state index contributed by atoms with van der Waals surface area (Å²) in [5, 5.41) is 2.84. The van der Waals surface area contributed by atoms with Crippen LogP contribution in [0.1, 0.15) is 16.1 Å². The van der Waals surface area contributed by atoms with Crippen molar-refractivity contribution in [1.82, 2.24) is 5.32 Å². The van der Waals surface area contributed by atoms with E-state index < -0.39 is 11.6 Å². The third kappa shape index (κ3) is 4.28. The first-order valence-electron chi connectivity index (χ1n) is 6.44. The average molecular weight is 327 g/mol. The van der Waals surface area contributed by atoms with Gasteiger partial charge in [-0.25, -0.2) is 8.78 Å². The van der Waals surface area contributed by atoms with Crippen molar-refractivity contribution in [3.63, 3.8) is 0 Å². The summed E-state index contributed by atoms with van der Waals surface area (Å²) in [5.41, 5.74) is 0.570. The highest BCUT2D eigenvalue weighted by molar-refractivity contribution is 7.98. The van der Waals surface area contributed by atoms with E-state index in [9.17, 15) is 13.6 Å². The van der Waals surface area contributed by atoms with E-state index >= 15 is 0 Å². The monoisotopic (exact) mass is 327 g/mol. The van der Waals surface area contributed by atoms with Crippen LogP contribution in [0.3, 0.4) is 0 Å². The smallest absolute Gasteiger partial charge is 0.261 e. The standard InChI is InChI=1S/C15H15F2NOS2/c1-20-8-2-7-18-15(19)14-6-5-13(21-14)10-3-4-11(16)12(17)9-10/h3-6,9H,2,7-8H2,1H3,(H,18,19). The van der Waals surface area contributed by atoms with E-state index in [1.807, 2.05) is 6.26 Å². The lowest BCUT2D eigenvalue weighted by molar-refractivity contribution is 0.0958. The molecule has 0 saturated heterocycles. The molecule has 0 aliphatic rings. The summed E-state index contributed by atoms with van der Waals surface area (Å²) >= 11 is 3.00. The molecule has 0 aliphatic heterocycles. The fraction of sp³-hybridized carbons (Fsp3) is 0.267. The van der Waals surface area contributed by atoms with Crippen LogP contribution in [0, 0.1) is 11.6 Å². The Morgan fingerprint density at radius 1 is 1.24 bits per heavy atom. The van der Waals surface area contributed by atoms with Crippen LogP contribution in [0.2, 0.25) is 0 Å². The molecule has 2 rings (SSSR count). The van der Waals surface area contributed by atoms with Crippen molar-refractivity contribution in [2.24, 2.45) is 0 Å². The highest BCUT2D eigenvalue weighted by Gasteiger charge is 2.11. The van der Waals surface area contributed by atoms with Crippen molar-refractivity contribution in [2.75, 3.05) is 18.6 Å². The largest absolute Gasteiger partial charge is 0.351 e. The second-order valence-corrected chi connectivity index (χ2v) is 6.46. The maximum Gasteiger partial charge on any atom is 0.261 e. The van der Waals surface area contributed by atoms with Crippen molar-refractivity contribution in [2.45, 2.75) is 6.42 Å². The normalized spacial score (nSPS) is 10.6. The molecule has 1 heterocycles. The molecule has 2 nitrogen and oxygen atoms in total. The Hall–Kier alpha value is -1.40. The lowest BCUT2D eigenvalue weighted by atomic mass is 10.2. The van der Waals surface area contributed by atoms with Gasteiger partial charge in [0.15, 0.2) is 11.6 Å². The van der Waals surface area contributed by atoms with Crippen molar-refractivity contribution < 1.29 is 13.6 Å². The molecule has 0 radical (unpaired) electrons. The quantitative estimate of drug-likeness (QED) is 0.807. The predicted octanol–water partition coefficient (Wildman–Crippen LogP) is 4.18. The molecule has 1 aromatic heterocycles. The Morgan fingerprint density at radius 3 is 2.76 bits per heavy atom. The van der Waals surface area contributed by atoms with Gasteiger partial charge in [0.1, 0.15) is 0 Å². The first-order valence-corrected chi connectivity index (χ1v) is 8.65. The Morgan fingerprint density at radius 2 is 2.05 bits per heavy atom. The number of halogens is 2. The maximum atomic E-state index is 13.2. The third-order valence-corrected chi connectivity index (χ3v) is 4.67. The van der Waals surface area contributed by atoms with Crippen LogP contribution >= 0.6 is 23.1 Å². The van der Waals surface area contributed by atoms with Crippen LogP contribution in [0.25, 0.3) is 10.4 Å². The van der Waals surface area contributed by atoms with Gasteiger partial charge in [-0.15, -0.1) is 11.3 Å². The molecule has 1 N–H and O–H groups in total. The molecule has 0 bridgehead atoms. The van der Waals surface area contributed by atoms with E-state index in [-0.39, 0.29) is 5.91 Å². The number of rotatable bonds is 6. The van der Waals surface area contributed by atoms with Gasteiger partial charge in [0.2, 0.25) is 0 Å². The molecule has 1 amide bonds. The summed E-state index contributed by atoms with van der Waals surface area (Å²) < 4.78 is 26.1. The first-order chi connectivity index (χ1) is 10.1. The molecular weight excluding hydrogens is 312 g/mol. The van der Waals surface area contributed by atoms with Gasteiger partial charge < -0.3 is 5.32 Å².